The van der Waals surface area contributed by atoms with Gasteiger partial charge in [-0.2, -0.15) is 0 Å². The molecule has 5 rings (SSSR count). The number of piperazine rings is 1. The second-order valence-corrected chi connectivity index (χ2v) is 9.97. The topological polar surface area (TPSA) is 73.0 Å². The van der Waals surface area contributed by atoms with Crippen LogP contribution in [0, 0.1) is 11.7 Å². The largest absolute Gasteiger partial charge is 0.369 e. The number of anilines is 1. The van der Waals surface area contributed by atoms with Gasteiger partial charge in [0.05, 0.1) is 0 Å². The number of carbonyl (C=O) groups excluding carboxylic acids is 3. The second-order valence-electron chi connectivity index (χ2n) is 9.97. The Labute approximate surface area is 194 Å². The molecular weight excluding hydrogens is 423 g/mol. The molecule has 1 aliphatic carbocycles. The highest BCUT2D eigenvalue weighted by atomic mass is 19.1. The molecule has 1 saturated carbocycles. The smallest absolute Gasteiger partial charge is 0.255 e. The summed E-state index contributed by atoms with van der Waals surface area (Å²) in [6.45, 7) is 4.87. The van der Waals surface area contributed by atoms with Crippen molar-refractivity contribution < 1.29 is 18.8 Å². The molecule has 1 N–H and O–H groups in total. The van der Waals surface area contributed by atoms with Gasteiger partial charge in [0, 0.05) is 56.0 Å². The summed E-state index contributed by atoms with van der Waals surface area (Å²) in [7, 11) is 0. The maximum Gasteiger partial charge on any atom is 0.255 e. The molecule has 0 bridgehead atoms. The lowest BCUT2D eigenvalue weighted by Gasteiger charge is -2.37. The number of hydrogen-bond acceptors (Lipinski definition) is 5. The Bertz CT molecular complexity index is 938. The lowest BCUT2D eigenvalue weighted by Crippen LogP contribution is -2.52. The van der Waals surface area contributed by atoms with Crippen molar-refractivity contribution in [3.63, 3.8) is 0 Å². The fraction of sp³-hybridized carbons (Fsp3) is 0.640. The van der Waals surface area contributed by atoms with Crippen molar-refractivity contribution in [3.8, 4) is 0 Å². The van der Waals surface area contributed by atoms with Crippen LogP contribution in [0.5, 0.6) is 0 Å². The van der Waals surface area contributed by atoms with Crippen molar-refractivity contribution in [3.05, 3.63) is 29.1 Å². The van der Waals surface area contributed by atoms with Crippen LogP contribution in [0.2, 0.25) is 0 Å². The Morgan fingerprint density at radius 2 is 1.73 bits per heavy atom. The zero-order valence-electron chi connectivity index (χ0n) is 19.2. The number of hydrogen-bond donors (Lipinski definition) is 1. The Kier molecular flexibility index (Phi) is 6.36. The number of rotatable bonds is 5. The van der Waals surface area contributed by atoms with Crippen LogP contribution in [0.1, 0.15) is 67.3 Å². The SMILES string of the molecule is O=C1CCC(N2Cc3c(cc(F)cc3N3CCN(CCC4CCCCC4)CC3)C2=O)C(=O)N1. The molecular formula is C25H33FN4O3. The third-order valence-corrected chi connectivity index (χ3v) is 7.89. The molecule has 3 heterocycles. The molecule has 178 valence electrons. The van der Waals surface area contributed by atoms with E-state index in [0.29, 0.717) is 12.0 Å². The van der Waals surface area contributed by atoms with E-state index in [1.54, 1.807) is 0 Å². The Morgan fingerprint density at radius 1 is 0.970 bits per heavy atom. The zero-order valence-corrected chi connectivity index (χ0v) is 19.2. The minimum Gasteiger partial charge on any atom is -0.369 e. The van der Waals surface area contributed by atoms with Gasteiger partial charge >= 0.3 is 0 Å². The molecule has 3 aliphatic heterocycles. The molecule has 3 fully saturated rings. The number of nitrogens with zero attached hydrogens (tertiary/aromatic N) is 3. The van der Waals surface area contributed by atoms with E-state index < -0.39 is 17.8 Å². The fourth-order valence-corrected chi connectivity index (χ4v) is 5.94. The minimum absolute atomic E-state index is 0.209. The minimum atomic E-state index is -0.685. The maximum atomic E-state index is 14.5. The van der Waals surface area contributed by atoms with Crippen LogP contribution in [0.25, 0.3) is 0 Å². The van der Waals surface area contributed by atoms with Gasteiger partial charge in [0.2, 0.25) is 11.8 Å². The Morgan fingerprint density at radius 3 is 2.45 bits per heavy atom. The van der Waals surface area contributed by atoms with Crippen molar-refractivity contribution in [1.29, 1.82) is 0 Å². The number of fused-ring (bicyclic) bond motifs is 1. The molecule has 0 radical (unpaired) electrons. The van der Waals surface area contributed by atoms with Crippen LogP contribution in [-0.2, 0) is 16.1 Å². The number of benzene rings is 1. The van der Waals surface area contributed by atoms with Gasteiger partial charge in [-0.1, -0.05) is 32.1 Å². The number of nitrogens with one attached hydrogen (secondary N) is 1. The number of imide groups is 1. The summed E-state index contributed by atoms with van der Waals surface area (Å²) in [6.07, 6.45) is 8.65. The van der Waals surface area contributed by atoms with E-state index in [1.165, 1.54) is 55.6 Å². The first-order chi connectivity index (χ1) is 16.0. The summed E-state index contributed by atoms with van der Waals surface area (Å²) in [5, 5.41) is 2.32. The van der Waals surface area contributed by atoms with Crippen molar-refractivity contribution in [1.82, 2.24) is 15.1 Å². The summed E-state index contributed by atoms with van der Waals surface area (Å²) < 4.78 is 14.5. The van der Waals surface area contributed by atoms with E-state index in [2.05, 4.69) is 15.1 Å². The van der Waals surface area contributed by atoms with Gasteiger partial charge in [-0.25, -0.2) is 4.39 Å². The molecule has 1 aromatic carbocycles. The third kappa shape index (κ3) is 4.63. The quantitative estimate of drug-likeness (QED) is 0.690. The van der Waals surface area contributed by atoms with Crippen LogP contribution in [0.4, 0.5) is 10.1 Å². The lowest BCUT2D eigenvalue weighted by molar-refractivity contribution is -0.136. The summed E-state index contributed by atoms with van der Waals surface area (Å²) in [4.78, 5) is 43.1. The Hall–Kier alpha value is -2.48. The Balaban J connectivity index is 1.25. The van der Waals surface area contributed by atoms with Gasteiger partial charge in [-0.3, -0.25) is 24.6 Å². The first kappa shape index (κ1) is 22.3. The molecule has 0 spiro atoms. The van der Waals surface area contributed by atoms with Crippen LogP contribution in [0.3, 0.4) is 0 Å². The molecule has 7 nitrogen and oxygen atoms in total. The van der Waals surface area contributed by atoms with E-state index in [9.17, 15) is 18.8 Å². The average Bonchev–Trinajstić information content (AvgIpc) is 3.14. The van der Waals surface area contributed by atoms with Crippen molar-refractivity contribution in [2.75, 3.05) is 37.6 Å². The normalized spacial score (nSPS) is 24.9. The summed E-state index contributed by atoms with van der Waals surface area (Å²) in [6, 6.07) is 2.13. The molecule has 2 saturated heterocycles. The molecule has 1 atom stereocenters. The molecule has 3 amide bonds. The second kappa shape index (κ2) is 9.41. The van der Waals surface area contributed by atoms with Gasteiger partial charge in [0.1, 0.15) is 11.9 Å². The fourth-order valence-electron chi connectivity index (χ4n) is 5.94. The van der Waals surface area contributed by atoms with E-state index in [0.717, 1.165) is 49.9 Å². The first-order valence-electron chi connectivity index (χ1n) is 12.4. The van der Waals surface area contributed by atoms with Crippen LogP contribution < -0.4 is 10.2 Å². The zero-order chi connectivity index (χ0) is 22.9. The third-order valence-electron chi connectivity index (χ3n) is 7.89. The number of carbonyl (C=O) groups is 3. The van der Waals surface area contributed by atoms with Gasteiger partial charge in [-0.05, 0) is 37.4 Å². The van der Waals surface area contributed by atoms with Crippen molar-refractivity contribution >= 4 is 23.4 Å². The van der Waals surface area contributed by atoms with Gasteiger partial charge in [0.25, 0.3) is 5.91 Å². The molecule has 8 heteroatoms. The monoisotopic (exact) mass is 456 g/mol. The number of halogens is 1. The predicted molar refractivity (Wildman–Crippen MR) is 122 cm³/mol. The molecule has 4 aliphatic rings. The molecule has 1 unspecified atom stereocenters. The van der Waals surface area contributed by atoms with E-state index in [4.69, 9.17) is 0 Å². The lowest BCUT2D eigenvalue weighted by atomic mass is 9.87. The highest BCUT2D eigenvalue weighted by Gasteiger charge is 2.41. The number of amides is 3. The molecule has 33 heavy (non-hydrogen) atoms. The maximum absolute atomic E-state index is 14.5. The van der Waals surface area contributed by atoms with E-state index >= 15 is 0 Å². The van der Waals surface area contributed by atoms with Gasteiger partial charge in [-0.15, -0.1) is 0 Å². The van der Waals surface area contributed by atoms with Crippen LogP contribution in [0.15, 0.2) is 12.1 Å². The summed E-state index contributed by atoms with van der Waals surface area (Å²) in [5.74, 6) is -0.643. The van der Waals surface area contributed by atoms with Crippen LogP contribution in [-0.4, -0.2) is 66.3 Å². The first-order valence-corrected chi connectivity index (χ1v) is 12.4. The highest BCUT2D eigenvalue weighted by Crippen LogP contribution is 2.35. The van der Waals surface area contributed by atoms with Crippen molar-refractivity contribution in [2.45, 2.75) is 64.0 Å². The van der Waals surface area contributed by atoms with E-state index in [1.807, 2.05) is 0 Å². The van der Waals surface area contributed by atoms with Gasteiger partial charge < -0.3 is 9.80 Å². The standard InChI is InChI=1S/C25H33FN4O3/c26-18-14-19-20(16-30(25(19)33)21-6-7-23(31)27-24(21)32)22(15-18)29-12-10-28(11-13-29)9-8-17-4-2-1-3-5-17/h14-15,17,21H,1-13,16H2,(H,27,31,32). The van der Waals surface area contributed by atoms with Crippen LogP contribution >= 0.6 is 0 Å². The summed E-state index contributed by atoms with van der Waals surface area (Å²) >= 11 is 0. The van der Waals surface area contributed by atoms with E-state index in [-0.39, 0.29) is 24.8 Å². The van der Waals surface area contributed by atoms with Gasteiger partial charge in [0.15, 0.2) is 0 Å². The number of piperidine rings is 1. The molecule has 0 aromatic heterocycles. The highest BCUT2D eigenvalue weighted by molar-refractivity contribution is 6.06. The molecule has 1 aromatic rings. The van der Waals surface area contributed by atoms with Crippen molar-refractivity contribution in [2.24, 2.45) is 5.92 Å². The predicted octanol–water partition coefficient (Wildman–Crippen LogP) is 2.68. The average molecular weight is 457 g/mol. The summed E-state index contributed by atoms with van der Waals surface area (Å²) in [5.41, 5.74) is 1.90.